The van der Waals surface area contributed by atoms with Gasteiger partial charge in [-0.2, -0.15) is 0 Å². The first-order valence-electron chi connectivity index (χ1n) is 26.6. The van der Waals surface area contributed by atoms with Crippen LogP contribution in [0.5, 0.6) is 0 Å². The molecule has 25 atom stereocenters. The molecule has 9 rings (SSSR count). The standard InChI is InChI=1S/C52H84O21/c1-46(2)14-16-51(45(63)64)17-15-49(6)24(25(51)18-46)8-9-30-48(5)12-11-31(47(3,4)29(48)10-13-50(30,49)7)70-43-39(73-41-35(60)34(59)32(57)27(19-53)68-41)37(26(56)21-66-43)71-42-36(61)38(33(58)28(20-54)69-42)72-44-40(62)52(65,22-55)23-67-44/h8,25-44,53-62,65H,9-23H2,1-7H3,(H,63,64)/t25-,26-,27+,28?,29-,30+,31-,32+,33-,34-,35+,36+,37-,38?,39+,40-,41-,42-,43-,44-,48-,49+,50+,51-,52+/m0/s1. The van der Waals surface area contributed by atoms with Crippen LogP contribution in [0.3, 0.4) is 0 Å². The summed E-state index contributed by atoms with van der Waals surface area (Å²) in [6, 6.07) is 0. The predicted molar refractivity (Wildman–Crippen MR) is 251 cm³/mol. The van der Waals surface area contributed by atoms with Gasteiger partial charge in [-0.1, -0.05) is 60.1 Å². The Hall–Kier alpha value is -1.55. The summed E-state index contributed by atoms with van der Waals surface area (Å²) < 4.78 is 48.7. The number of aliphatic carboxylic acids is 1. The summed E-state index contributed by atoms with van der Waals surface area (Å²) in [6.45, 7) is 12.7. The van der Waals surface area contributed by atoms with Crippen LogP contribution in [0.1, 0.15) is 113 Å². The summed E-state index contributed by atoms with van der Waals surface area (Å²) in [4.78, 5) is 13.2. The van der Waals surface area contributed by atoms with Crippen LogP contribution in [-0.4, -0.2) is 210 Å². The maximum Gasteiger partial charge on any atom is 0.310 e. The van der Waals surface area contributed by atoms with Crippen LogP contribution in [0.15, 0.2) is 11.6 Å². The van der Waals surface area contributed by atoms with Crippen LogP contribution in [0.4, 0.5) is 0 Å². The minimum atomic E-state index is -2.12. The first-order valence-corrected chi connectivity index (χ1v) is 26.6. The van der Waals surface area contributed by atoms with Crippen LogP contribution in [0, 0.1) is 50.2 Å². The zero-order chi connectivity index (χ0) is 53.2. The van der Waals surface area contributed by atoms with Crippen molar-refractivity contribution in [1.29, 1.82) is 0 Å². The number of carboxylic acid groups (broad SMARTS) is 1. The molecular formula is C52H84O21. The zero-order valence-corrected chi connectivity index (χ0v) is 43.3. The summed E-state index contributed by atoms with van der Waals surface area (Å²) in [5, 5.41) is 129. The number of aliphatic hydroxyl groups is 11. The highest BCUT2D eigenvalue weighted by molar-refractivity contribution is 5.76. The molecule has 8 fully saturated rings. The largest absolute Gasteiger partial charge is 0.481 e. The Bertz CT molecular complexity index is 2020. The van der Waals surface area contributed by atoms with E-state index < -0.39 is 160 Å². The van der Waals surface area contributed by atoms with Crippen LogP contribution in [-0.2, 0) is 42.7 Å². The van der Waals surface area contributed by atoms with Gasteiger partial charge in [0, 0.05) is 0 Å². The minimum Gasteiger partial charge on any atom is -0.481 e. The van der Waals surface area contributed by atoms with E-state index in [2.05, 4.69) is 54.5 Å². The smallest absolute Gasteiger partial charge is 0.310 e. The minimum absolute atomic E-state index is 0.0161. The van der Waals surface area contributed by atoms with Crippen molar-refractivity contribution in [3.63, 3.8) is 0 Å². The Morgan fingerprint density at radius 2 is 1.29 bits per heavy atom. The molecule has 4 aliphatic heterocycles. The molecule has 73 heavy (non-hydrogen) atoms. The van der Waals surface area contributed by atoms with Crippen LogP contribution >= 0.6 is 0 Å². The van der Waals surface area contributed by atoms with E-state index in [-0.39, 0.29) is 39.4 Å². The van der Waals surface area contributed by atoms with Gasteiger partial charge in [0.15, 0.2) is 25.2 Å². The maximum absolute atomic E-state index is 13.2. The number of carboxylic acids is 1. The molecule has 0 aromatic heterocycles. The molecule has 418 valence electrons. The average Bonchev–Trinajstić information content (AvgIpc) is 3.62. The van der Waals surface area contributed by atoms with Gasteiger partial charge in [-0.05, 0) is 109 Å². The Kier molecular flexibility index (Phi) is 15.4. The molecule has 4 saturated carbocycles. The van der Waals surface area contributed by atoms with Crippen molar-refractivity contribution in [3.05, 3.63) is 11.6 Å². The highest BCUT2D eigenvalue weighted by atomic mass is 16.8. The second kappa shape index (κ2) is 20.0. The number of ether oxygens (including phenoxy) is 8. The van der Waals surface area contributed by atoms with E-state index in [0.29, 0.717) is 19.3 Å². The lowest BCUT2D eigenvalue weighted by Crippen LogP contribution is -2.67. The fourth-order valence-corrected chi connectivity index (χ4v) is 16.1. The number of rotatable bonds is 12. The monoisotopic (exact) mass is 1040 g/mol. The summed E-state index contributed by atoms with van der Waals surface area (Å²) in [7, 11) is 0. The van der Waals surface area contributed by atoms with E-state index in [4.69, 9.17) is 37.9 Å². The molecular weight excluding hydrogens is 961 g/mol. The second-order valence-electron chi connectivity index (χ2n) is 25.5. The van der Waals surface area contributed by atoms with Gasteiger partial charge in [0.2, 0.25) is 0 Å². The van der Waals surface area contributed by atoms with Crippen molar-refractivity contribution >= 4 is 5.97 Å². The van der Waals surface area contributed by atoms with Crippen LogP contribution in [0.25, 0.3) is 0 Å². The molecule has 2 unspecified atom stereocenters. The summed E-state index contributed by atoms with van der Waals surface area (Å²) >= 11 is 0. The normalized spacial score (nSPS) is 53.5. The topological polar surface area (TPSA) is 334 Å². The Morgan fingerprint density at radius 3 is 1.93 bits per heavy atom. The third-order valence-electron chi connectivity index (χ3n) is 20.8. The van der Waals surface area contributed by atoms with E-state index in [9.17, 15) is 66.1 Å². The number of fused-ring (bicyclic) bond motifs is 7. The first kappa shape index (κ1) is 56.2. The average molecular weight is 1050 g/mol. The van der Waals surface area contributed by atoms with Crippen molar-refractivity contribution < 1.29 is 104 Å². The third-order valence-corrected chi connectivity index (χ3v) is 20.8. The van der Waals surface area contributed by atoms with Gasteiger partial charge in [-0.15, -0.1) is 0 Å². The lowest BCUT2D eigenvalue weighted by atomic mass is 9.33. The van der Waals surface area contributed by atoms with Gasteiger partial charge < -0.3 is 99.2 Å². The SMILES string of the molecule is CC1(C)CC[C@]2(C(=O)O)CC[C@]3(C)C(=CC[C@@H]4[C@@]5(C)CC[C@H](O[C@@H]6OC[C@H](O)[C@H](O[C@@H]7OC(CO)[C@H](O)C(O[C@@H]8OC[C@](O)(CO)[C@H]8O)[C@H]7O)[C@H]6O[C@@H]6O[C@H](CO)[C@@H](O)[C@H](O)[C@H]6O)C(C)(C)[C@@H]5CC[C@]43C)[C@@H]2C1. The highest BCUT2D eigenvalue weighted by Crippen LogP contribution is 2.76. The fourth-order valence-electron chi connectivity index (χ4n) is 16.1. The molecule has 12 N–H and O–H groups in total. The maximum atomic E-state index is 13.2. The predicted octanol–water partition coefficient (Wildman–Crippen LogP) is -0.190. The summed E-state index contributed by atoms with van der Waals surface area (Å²) in [6.07, 6.45) is -17.2. The van der Waals surface area contributed by atoms with Gasteiger partial charge in [0.05, 0.1) is 44.6 Å². The van der Waals surface area contributed by atoms with Gasteiger partial charge >= 0.3 is 5.97 Å². The lowest BCUT2D eigenvalue weighted by molar-refractivity contribution is -0.393. The molecule has 5 aliphatic carbocycles. The van der Waals surface area contributed by atoms with Gasteiger partial charge in [0.25, 0.3) is 0 Å². The van der Waals surface area contributed by atoms with E-state index in [0.717, 1.165) is 44.9 Å². The van der Waals surface area contributed by atoms with Crippen molar-refractivity contribution in [2.24, 2.45) is 50.2 Å². The van der Waals surface area contributed by atoms with E-state index in [1.165, 1.54) is 5.57 Å². The molecule has 21 heteroatoms. The Labute approximate surface area is 426 Å². The Balaban J connectivity index is 0.987. The molecule has 9 aliphatic rings. The van der Waals surface area contributed by atoms with Gasteiger partial charge in [0.1, 0.15) is 78.8 Å². The molecule has 0 amide bonds. The summed E-state index contributed by atoms with van der Waals surface area (Å²) in [5.74, 6) is -0.267. The van der Waals surface area contributed by atoms with Crippen LogP contribution < -0.4 is 0 Å². The molecule has 4 heterocycles. The molecule has 0 aromatic carbocycles. The quantitative estimate of drug-likeness (QED) is 0.0890. The summed E-state index contributed by atoms with van der Waals surface area (Å²) in [5.41, 5.74) is -2.45. The molecule has 0 aromatic rings. The number of aliphatic hydroxyl groups excluding tert-OH is 10. The fraction of sp³-hybridized carbons (Fsp3) is 0.942. The Morgan fingerprint density at radius 1 is 0.658 bits per heavy atom. The number of carbonyl (C=O) groups is 1. The third kappa shape index (κ3) is 9.01. The zero-order valence-electron chi connectivity index (χ0n) is 43.3. The van der Waals surface area contributed by atoms with Crippen molar-refractivity contribution in [2.75, 3.05) is 33.0 Å². The van der Waals surface area contributed by atoms with Crippen LogP contribution in [0.2, 0.25) is 0 Å². The highest BCUT2D eigenvalue weighted by Gasteiger charge is 2.70. The molecule has 4 saturated heterocycles. The lowest BCUT2D eigenvalue weighted by Gasteiger charge is -2.71. The molecule has 0 radical (unpaired) electrons. The van der Waals surface area contributed by atoms with E-state index in [1.54, 1.807) is 0 Å². The van der Waals surface area contributed by atoms with Gasteiger partial charge in [-0.3, -0.25) is 4.79 Å². The number of allylic oxidation sites excluding steroid dienone is 2. The molecule has 0 bridgehead atoms. The van der Waals surface area contributed by atoms with E-state index >= 15 is 0 Å². The van der Waals surface area contributed by atoms with Crippen molar-refractivity contribution in [3.8, 4) is 0 Å². The second-order valence-corrected chi connectivity index (χ2v) is 25.5. The van der Waals surface area contributed by atoms with Crippen molar-refractivity contribution in [1.82, 2.24) is 0 Å². The first-order chi connectivity index (χ1) is 34.2. The molecule has 21 nitrogen and oxygen atoms in total. The number of hydrogen-bond donors (Lipinski definition) is 12. The number of hydrogen-bond acceptors (Lipinski definition) is 20. The van der Waals surface area contributed by atoms with Gasteiger partial charge in [-0.25, -0.2) is 0 Å². The van der Waals surface area contributed by atoms with E-state index in [1.807, 2.05) is 0 Å². The van der Waals surface area contributed by atoms with Crippen molar-refractivity contribution in [2.45, 2.75) is 223 Å². The molecule has 0 spiro atoms.